The summed E-state index contributed by atoms with van der Waals surface area (Å²) in [5.74, 6) is 0. The molecule has 2 aromatic rings. The van der Waals surface area contributed by atoms with Crippen molar-refractivity contribution in [3.8, 4) is 0 Å². The molecule has 2 heterocycles. The molecule has 1 atom stereocenters. The molecule has 0 radical (unpaired) electrons. The predicted molar refractivity (Wildman–Crippen MR) is 68.7 cm³/mol. The second kappa shape index (κ2) is 3.92. The topological polar surface area (TPSA) is 38.0 Å². The molecule has 1 aromatic heterocycles. The largest absolute Gasteiger partial charge is 0.398 e. The molecule has 1 aliphatic heterocycles. The van der Waals surface area contributed by atoms with Gasteiger partial charge < -0.3 is 11.1 Å². The number of para-hydroxylation sites is 1. The van der Waals surface area contributed by atoms with Gasteiger partial charge in [0.15, 0.2) is 0 Å². The summed E-state index contributed by atoms with van der Waals surface area (Å²) in [5, 5.41) is 5.72. The van der Waals surface area contributed by atoms with E-state index in [1.807, 2.05) is 29.5 Å². The van der Waals surface area contributed by atoms with E-state index in [2.05, 4.69) is 22.8 Å². The van der Waals surface area contributed by atoms with Gasteiger partial charge in [-0.25, -0.2) is 0 Å². The number of rotatable bonds is 1. The minimum atomic E-state index is 0.274. The SMILES string of the molecule is Nc1ccccc1C1NCCc2sccc21. The van der Waals surface area contributed by atoms with Crippen LogP contribution >= 0.6 is 11.3 Å². The second-order valence-electron chi connectivity index (χ2n) is 4.07. The number of thiophene rings is 1. The molecule has 0 spiro atoms. The number of nitrogen functional groups attached to an aromatic ring is 1. The van der Waals surface area contributed by atoms with Gasteiger partial charge in [0, 0.05) is 17.1 Å². The van der Waals surface area contributed by atoms with E-state index in [1.54, 1.807) is 0 Å². The molecule has 0 saturated heterocycles. The molecule has 0 fully saturated rings. The minimum Gasteiger partial charge on any atom is -0.398 e. The molecule has 0 amide bonds. The van der Waals surface area contributed by atoms with Crippen molar-refractivity contribution in [2.45, 2.75) is 12.5 Å². The average molecular weight is 230 g/mol. The first-order valence-electron chi connectivity index (χ1n) is 5.50. The Balaban J connectivity index is 2.08. The minimum absolute atomic E-state index is 0.274. The number of anilines is 1. The third-order valence-electron chi connectivity index (χ3n) is 3.10. The number of nitrogens with one attached hydrogen (secondary N) is 1. The number of nitrogens with two attached hydrogens (primary N) is 1. The molecule has 3 heteroatoms. The van der Waals surface area contributed by atoms with Gasteiger partial charge in [0.05, 0.1) is 6.04 Å². The van der Waals surface area contributed by atoms with Crippen LogP contribution in [0.15, 0.2) is 35.7 Å². The summed E-state index contributed by atoms with van der Waals surface area (Å²) in [6.45, 7) is 1.03. The summed E-state index contributed by atoms with van der Waals surface area (Å²) in [7, 11) is 0. The van der Waals surface area contributed by atoms with Crippen molar-refractivity contribution < 1.29 is 0 Å². The van der Waals surface area contributed by atoms with E-state index in [1.165, 1.54) is 16.0 Å². The molecule has 16 heavy (non-hydrogen) atoms. The Morgan fingerprint density at radius 3 is 2.94 bits per heavy atom. The number of benzene rings is 1. The molecule has 3 N–H and O–H groups in total. The molecule has 0 saturated carbocycles. The van der Waals surface area contributed by atoms with Gasteiger partial charge in [0.25, 0.3) is 0 Å². The van der Waals surface area contributed by atoms with Crippen molar-refractivity contribution in [2.24, 2.45) is 0 Å². The van der Waals surface area contributed by atoms with Crippen LogP contribution in [0.4, 0.5) is 5.69 Å². The van der Waals surface area contributed by atoms with Gasteiger partial charge in [-0.05, 0) is 35.1 Å². The molecule has 1 unspecified atom stereocenters. The lowest BCUT2D eigenvalue weighted by atomic mass is 9.94. The second-order valence-corrected chi connectivity index (χ2v) is 5.07. The fourth-order valence-electron chi connectivity index (χ4n) is 2.30. The maximum Gasteiger partial charge on any atom is 0.0608 e. The zero-order chi connectivity index (χ0) is 11.0. The summed E-state index contributed by atoms with van der Waals surface area (Å²) in [5.41, 5.74) is 9.51. The lowest BCUT2D eigenvalue weighted by molar-refractivity contribution is 0.576. The van der Waals surface area contributed by atoms with Crippen molar-refractivity contribution in [2.75, 3.05) is 12.3 Å². The first-order valence-corrected chi connectivity index (χ1v) is 6.38. The standard InChI is InChI=1S/C13H14N2S/c14-11-4-2-1-3-9(11)13-10-6-8-16-12(10)5-7-15-13/h1-4,6,8,13,15H,5,7,14H2. The van der Waals surface area contributed by atoms with E-state index in [9.17, 15) is 0 Å². The van der Waals surface area contributed by atoms with Gasteiger partial charge >= 0.3 is 0 Å². The smallest absolute Gasteiger partial charge is 0.0608 e. The van der Waals surface area contributed by atoms with Crippen molar-refractivity contribution in [1.29, 1.82) is 0 Å². The van der Waals surface area contributed by atoms with Gasteiger partial charge in [0.1, 0.15) is 0 Å². The predicted octanol–water partition coefficient (Wildman–Crippen LogP) is 2.57. The van der Waals surface area contributed by atoms with Crippen LogP contribution in [0, 0.1) is 0 Å². The quantitative estimate of drug-likeness (QED) is 0.739. The Bertz CT molecular complexity index is 504. The van der Waals surface area contributed by atoms with E-state index < -0.39 is 0 Å². The maximum absolute atomic E-state index is 6.04. The summed E-state index contributed by atoms with van der Waals surface area (Å²) in [6.07, 6.45) is 1.14. The highest BCUT2D eigenvalue weighted by molar-refractivity contribution is 7.10. The van der Waals surface area contributed by atoms with Crippen molar-refractivity contribution in [1.82, 2.24) is 5.32 Å². The summed E-state index contributed by atoms with van der Waals surface area (Å²) in [6, 6.07) is 10.6. The fourth-order valence-corrected chi connectivity index (χ4v) is 3.22. The highest BCUT2D eigenvalue weighted by atomic mass is 32.1. The molecule has 0 aliphatic carbocycles. The van der Waals surface area contributed by atoms with Gasteiger partial charge in [-0.2, -0.15) is 0 Å². The normalized spacial score (nSPS) is 19.4. The number of fused-ring (bicyclic) bond motifs is 1. The van der Waals surface area contributed by atoms with Crippen LogP contribution in [-0.2, 0) is 6.42 Å². The molecular weight excluding hydrogens is 216 g/mol. The van der Waals surface area contributed by atoms with Crippen LogP contribution in [-0.4, -0.2) is 6.54 Å². The molecular formula is C13H14N2S. The maximum atomic E-state index is 6.04. The Morgan fingerprint density at radius 2 is 2.06 bits per heavy atom. The Morgan fingerprint density at radius 1 is 1.19 bits per heavy atom. The lowest BCUT2D eigenvalue weighted by Gasteiger charge is -2.25. The van der Waals surface area contributed by atoms with Crippen LogP contribution in [0.25, 0.3) is 0 Å². The van der Waals surface area contributed by atoms with Gasteiger partial charge in [-0.15, -0.1) is 11.3 Å². The van der Waals surface area contributed by atoms with Gasteiger partial charge in [0.2, 0.25) is 0 Å². The van der Waals surface area contributed by atoms with E-state index in [-0.39, 0.29) is 6.04 Å². The zero-order valence-corrected chi connectivity index (χ0v) is 9.76. The molecule has 1 aromatic carbocycles. The van der Waals surface area contributed by atoms with Crippen molar-refractivity contribution in [3.63, 3.8) is 0 Å². The van der Waals surface area contributed by atoms with E-state index in [0.29, 0.717) is 0 Å². The van der Waals surface area contributed by atoms with Gasteiger partial charge in [-0.3, -0.25) is 0 Å². The molecule has 82 valence electrons. The van der Waals surface area contributed by atoms with Crippen molar-refractivity contribution >= 4 is 17.0 Å². The first-order chi connectivity index (χ1) is 7.86. The van der Waals surface area contributed by atoms with E-state index >= 15 is 0 Å². The summed E-state index contributed by atoms with van der Waals surface area (Å²) < 4.78 is 0. The molecule has 2 nitrogen and oxygen atoms in total. The third kappa shape index (κ3) is 1.52. The van der Waals surface area contributed by atoms with Crippen LogP contribution in [0.3, 0.4) is 0 Å². The lowest BCUT2D eigenvalue weighted by Crippen LogP contribution is -2.29. The van der Waals surface area contributed by atoms with E-state index in [0.717, 1.165) is 18.7 Å². The van der Waals surface area contributed by atoms with Crippen LogP contribution < -0.4 is 11.1 Å². The van der Waals surface area contributed by atoms with E-state index in [4.69, 9.17) is 5.73 Å². The first kappa shape index (κ1) is 9.87. The molecule has 0 bridgehead atoms. The summed E-state index contributed by atoms with van der Waals surface area (Å²) >= 11 is 1.85. The Labute approximate surface area is 99.1 Å². The highest BCUT2D eigenvalue weighted by Crippen LogP contribution is 2.34. The Hall–Kier alpha value is -1.32. The van der Waals surface area contributed by atoms with Gasteiger partial charge in [-0.1, -0.05) is 18.2 Å². The monoisotopic (exact) mass is 230 g/mol. The number of hydrogen-bond acceptors (Lipinski definition) is 3. The Kier molecular flexibility index (Phi) is 2.42. The average Bonchev–Trinajstić information content (AvgIpc) is 2.77. The molecule has 1 aliphatic rings. The van der Waals surface area contributed by atoms with Crippen LogP contribution in [0.1, 0.15) is 22.0 Å². The third-order valence-corrected chi connectivity index (χ3v) is 4.09. The zero-order valence-electron chi connectivity index (χ0n) is 8.94. The number of hydrogen-bond donors (Lipinski definition) is 2. The van der Waals surface area contributed by atoms with Crippen molar-refractivity contribution in [3.05, 3.63) is 51.7 Å². The fraction of sp³-hybridized carbons (Fsp3) is 0.231. The van der Waals surface area contributed by atoms with Crippen LogP contribution in [0.2, 0.25) is 0 Å². The highest BCUT2D eigenvalue weighted by Gasteiger charge is 2.23. The van der Waals surface area contributed by atoms with Crippen LogP contribution in [0.5, 0.6) is 0 Å². The summed E-state index contributed by atoms with van der Waals surface area (Å²) in [4.78, 5) is 1.49. The molecule has 3 rings (SSSR count).